The minimum Gasteiger partial charge on any atom is -0.328 e. The highest BCUT2D eigenvalue weighted by molar-refractivity contribution is 8.13. The Hall–Kier alpha value is -1.03. The van der Waals surface area contributed by atoms with Gasteiger partial charge in [0.2, 0.25) is 0 Å². The lowest BCUT2D eigenvalue weighted by molar-refractivity contribution is 0.190. The molecule has 0 atom stereocenters. The molecule has 1 rings (SSSR count). The molecule has 0 N–H and O–H groups in total. The van der Waals surface area contributed by atoms with Gasteiger partial charge >= 0.3 is 0 Å². The van der Waals surface area contributed by atoms with Crippen LogP contribution in [0.5, 0.6) is 0 Å². The van der Waals surface area contributed by atoms with Crippen LogP contribution in [-0.2, 0) is 0 Å². The molecule has 4 heteroatoms. The molecule has 0 heterocycles. The molecule has 0 radical (unpaired) electrons. The Morgan fingerprint density at radius 2 is 1.59 bits per heavy atom. The molecule has 2 nitrogen and oxygen atoms in total. The van der Waals surface area contributed by atoms with Crippen LogP contribution in [0.1, 0.15) is 27.7 Å². The zero-order valence-electron chi connectivity index (χ0n) is 10.6. The Labute approximate surface area is 106 Å². The first-order valence-corrected chi connectivity index (χ1v) is 6.49. The summed E-state index contributed by atoms with van der Waals surface area (Å²) in [5.74, 6) is -0.286. The molecule has 0 bridgehead atoms. The predicted molar refractivity (Wildman–Crippen MR) is 69.8 cm³/mol. The monoisotopic (exact) mass is 255 g/mol. The van der Waals surface area contributed by atoms with E-state index in [1.165, 1.54) is 12.1 Å². The summed E-state index contributed by atoms with van der Waals surface area (Å²) in [5, 5.41) is 0.00149. The van der Waals surface area contributed by atoms with Crippen molar-refractivity contribution in [1.82, 2.24) is 4.90 Å². The van der Waals surface area contributed by atoms with Gasteiger partial charge in [-0.05, 0) is 63.7 Å². The van der Waals surface area contributed by atoms with Gasteiger partial charge in [0.15, 0.2) is 0 Å². The number of benzene rings is 1. The number of halogens is 1. The van der Waals surface area contributed by atoms with Crippen LogP contribution < -0.4 is 0 Å². The molecule has 0 unspecified atom stereocenters. The fraction of sp³-hybridized carbons (Fsp3) is 0.462. The smallest absolute Gasteiger partial charge is 0.286 e. The van der Waals surface area contributed by atoms with Gasteiger partial charge in [-0.2, -0.15) is 0 Å². The number of hydrogen-bond donors (Lipinski definition) is 0. The van der Waals surface area contributed by atoms with E-state index in [9.17, 15) is 9.18 Å². The Morgan fingerprint density at radius 1 is 1.12 bits per heavy atom. The second-order valence-electron chi connectivity index (χ2n) is 4.42. The summed E-state index contributed by atoms with van der Waals surface area (Å²) in [7, 11) is 0. The molecule has 0 fully saturated rings. The lowest BCUT2D eigenvalue weighted by Gasteiger charge is -2.30. The standard InChI is InChI=1S/C13H18FNOS/c1-9(2)15(10(3)4)13(16)17-12-7-5-11(14)6-8-12/h5-10H,1-4H3. The molecule has 1 aromatic rings. The average Bonchev–Trinajstić information content (AvgIpc) is 2.20. The van der Waals surface area contributed by atoms with E-state index in [0.717, 1.165) is 16.7 Å². The predicted octanol–water partition coefficient (Wildman–Crippen LogP) is 4.16. The molecule has 0 saturated heterocycles. The summed E-state index contributed by atoms with van der Waals surface area (Å²) in [4.78, 5) is 14.7. The average molecular weight is 255 g/mol. The summed E-state index contributed by atoms with van der Waals surface area (Å²) in [6.07, 6.45) is 0. The molecule has 94 valence electrons. The molecule has 0 aliphatic heterocycles. The minimum absolute atomic E-state index is 0.00149. The fourth-order valence-corrected chi connectivity index (χ4v) is 2.67. The van der Waals surface area contributed by atoms with E-state index in [4.69, 9.17) is 0 Å². The molecule has 0 aliphatic rings. The van der Waals surface area contributed by atoms with Crippen LogP contribution in [0.25, 0.3) is 0 Å². The second-order valence-corrected chi connectivity index (χ2v) is 5.44. The van der Waals surface area contributed by atoms with Gasteiger partial charge in [-0.1, -0.05) is 0 Å². The summed E-state index contributed by atoms with van der Waals surface area (Å²) in [5.41, 5.74) is 0. The molecule has 0 aromatic heterocycles. The van der Waals surface area contributed by atoms with Gasteiger partial charge in [-0.3, -0.25) is 4.79 Å². The van der Waals surface area contributed by atoms with Crippen molar-refractivity contribution >= 4 is 17.0 Å². The van der Waals surface area contributed by atoms with Crippen molar-refractivity contribution in [3.05, 3.63) is 30.1 Å². The zero-order chi connectivity index (χ0) is 13.0. The molecule has 1 amide bonds. The van der Waals surface area contributed by atoms with Crippen LogP contribution in [-0.4, -0.2) is 22.2 Å². The third kappa shape index (κ3) is 4.04. The topological polar surface area (TPSA) is 20.3 Å². The third-order valence-electron chi connectivity index (χ3n) is 2.34. The highest BCUT2D eigenvalue weighted by Gasteiger charge is 2.20. The van der Waals surface area contributed by atoms with Gasteiger partial charge in [0, 0.05) is 17.0 Å². The lowest BCUT2D eigenvalue weighted by atomic mass is 10.2. The van der Waals surface area contributed by atoms with Gasteiger partial charge in [0.25, 0.3) is 5.24 Å². The van der Waals surface area contributed by atoms with Crippen molar-refractivity contribution in [3.63, 3.8) is 0 Å². The number of carbonyl (C=O) groups excluding carboxylic acids is 1. The quantitative estimate of drug-likeness (QED) is 0.756. The highest BCUT2D eigenvalue weighted by Crippen LogP contribution is 2.24. The second kappa shape index (κ2) is 6.05. The maximum Gasteiger partial charge on any atom is 0.286 e. The van der Waals surface area contributed by atoms with E-state index in [2.05, 4.69) is 0 Å². The SMILES string of the molecule is CC(C)N(C(=O)Sc1ccc(F)cc1)C(C)C. The van der Waals surface area contributed by atoms with Crippen molar-refractivity contribution in [2.24, 2.45) is 0 Å². The zero-order valence-corrected chi connectivity index (χ0v) is 11.4. The number of hydrogen-bond acceptors (Lipinski definition) is 2. The Morgan fingerprint density at radius 3 is 2.00 bits per heavy atom. The number of carbonyl (C=O) groups is 1. The van der Waals surface area contributed by atoms with Crippen molar-refractivity contribution in [1.29, 1.82) is 0 Å². The van der Waals surface area contributed by atoms with E-state index < -0.39 is 0 Å². The normalized spacial score (nSPS) is 11.0. The largest absolute Gasteiger partial charge is 0.328 e. The van der Waals surface area contributed by atoms with Crippen LogP contribution in [0, 0.1) is 5.82 Å². The van der Waals surface area contributed by atoms with Crippen molar-refractivity contribution in [2.75, 3.05) is 0 Å². The number of amides is 1. The molecular weight excluding hydrogens is 237 g/mol. The van der Waals surface area contributed by atoms with E-state index in [-0.39, 0.29) is 23.1 Å². The summed E-state index contributed by atoms with van der Waals surface area (Å²) in [6.45, 7) is 7.96. The first-order valence-electron chi connectivity index (χ1n) is 5.67. The van der Waals surface area contributed by atoms with E-state index in [1.807, 2.05) is 32.6 Å². The van der Waals surface area contributed by atoms with Crippen LogP contribution in [0.3, 0.4) is 0 Å². The first-order chi connectivity index (χ1) is 7.91. The molecule has 0 saturated carbocycles. The van der Waals surface area contributed by atoms with Crippen LogP contribution in [0.15, 0.2) is 29.2 Å². The Bertz CT molecular complexity index is 368. The molecular formula is C13H18FNOS. The maximum absolute atomic E-state index is 12.7. The van der Waals surface area contributed by atoms with Gasteiger partial charge < -0.3 is 4.90 Å². The molecule has 1 aromatic carbocycles. The molecule has 0 aliphatic carbocycles. The third-order valence-corrected chi connectivity index (χ3v) is 3.24. The summed E-state index contributed by atoms with van der Waals surface area (Å²) >= 11 is 1.14. The number of nitrogens with zero attached hydrogens (tertiary/aromatic N) is 1. The molecule has 0 spiro atoms. The van der Waals surface area contributed by atoms with Gasteiger partial charge in [0.05, 0.1) is 0 Å². The van der Waals surface area contributed by atoms with Gasteiger partial charge in [-0.25, -0.2) is 4.39 Å². The lowest BCUT2D eigenvalue weighted by Crippen LogP contribution is -2.39. The Balaban J connectivity index is 2.73. The number of thioether (sulfide) groups is 1. The highest BCUT2D eigenvalue weighted by atomic mass is 32.2. The van der Waals surface area contributed by atoms with Crippen molar-refractivity contribution in [3.8, 4) is 0 Å². The van der Waals surface area contributed by atoms with Crippen LogP contribution >= 0.6 is 11.8 Å². The van der Waals surface area contributed by atoms with Gasteiger partial charge in [-0.15, -0.1) is 0 Å². The summed E-state index contributed by atoms with van der Waals surface area (Å²) < 4.78 is 12.7. The fourth-order valence-electron chi connectivity index (χ4n) is 1.67. The van der Waals surface area contributed by atoms with Gasteiger partial charge in [0.1, 0.15) is 5.82 Å². The van der Waals surface area contributed by atoms with Crippen LogP contribution in [0.4, 0.5) is 9.18 Å². The minimum atomic E-state index is -0.286. The van der Waals surface area contributed by atoms with Crippen LogP contribution in [0.2, 0.25) is 0 Å². The Kier molecular flexibility index (Phi) is 5.00. The van der Waals surface area contributed by atoms with E-state index >= 15 is 0 Å². The number of rotatable bonds is 3. The van der Waals surface area contributed by atoms with E-state index in [0.29, 0.717) is 0 Å². The maximum atomic E-state index is 12.7. The first kappa shape index (κ1) is 14.0. The molecule has 17 heavy (non-hydrogen) atoms. The van der Waals surface area contributed by atoms with Crippen molar-refractivity contribution < 1.29 is 9.18 Å². The van der Waals surface area contributed by atoms with Crippen molar-refractivity contribution in [2.45, 2.75) is 44.7 Å². The van der Waals surface area contributed by atoms with E-state index in [1.54, 1.807) is 12.1 Å². The summed E-state index contributed by atoms with van der Waals surface area (Å²) in [6, 6.07) is 6.30.